The Kier molecular flexibility index (Phi) is 6.71. The number of benzene rings is 2. The lowest BCUT2D eigenvalue weighted by Crippen LogP contribution is -2.46. The molecule has 1 aliphatic heterocycles. The van der Waals surface area contributed by atoms with Gasteiger partial charge in [0, 0.05) is 45.8 Å². The van der Waals surface area contributed by atoms with Gasteiger partial charge in [-0.1, -0.05) is 18.2 Å². The van der Waals surface area contributed by atoms with E-state index in [0.29, 0.717) is 28.3 Å². The van der Waals surface area contributed by atoms with Gasteiger partial charge in [0.1, 0.15) is 5.82 Å². The van der Waals surface area contributed by atoms with Crippen LogP contribution < -0.4 is 16.0 Å². The molecule has 2 aromatic carbocycles. The number of rotatable bonds is 6. The van der Waals surface area contributed by atoms with Gasteiger partial charge in [-0.15, -0.1) is 0 Å². The van der Waals surface area contributed by atoms with E-state index in [2.05, 4.69) is 36.9 Å². The van der Waals surface area contributed by atoms with Gasteiger partial charge in [-0.25, -0.2) is 14.5 Å². The van der Waals surface area contributed by atoms with E-state index in [1.807, 2.05) is 30.3 Å². The van der Waals surface area contributed by atoms with Crippen LogP contribution >= 0.6 is 15.9 Å². The molecular weight excluding hydrogens is 554 g/mol. The fourth-order valence-electron chi connectivity index (χ4n) is 4.14. The van der Waals surface area contributed by atoms with Crippen molar-refractivity contribution in [1.29, 1.82) is 0 Å². The maximum absolute atomic E-state index is 13.5. The van der Waals surface area contributed by atoms with Crippen molar-refractivity contribution in [3.8, 4) is 16.9 Å². The van der Waals surface area contributed by atoms with E-state index in [4.69, 9.17) is 5.10 Å². The first kappa shape index (κ1) is 24.8. The molecule has 11 nitrogen and oxygen atoms in total. The number of para-hydroxylation sites is 1. The van der Waals surface area contributed by atoms with Crippen molar-refractivity contribution in [3.05, 3.63) is 111 Å². The van der Waals surface area contributed by atoms with Crippen LogP contribution in [0.1, 0.15) is 18.5 Å². The van der Waals surface area contributed by atoms with Crippen LogP contribution in [-0.2, 0) is 4.79 Å². The maximum Gasteiger partial charge on any atom is 0.319 e. The fourth-order valence-corrected chi connectivity index (χ4v) is 4.37. The summed E-state index contributed by atoms with van der Waals surface area (Å²) >= 11 is 3.32. The normalized spacial score (nSPS) is 15.0. The van der Waals surface area contributed by atoms with Crippen molar-refractivity contribution in [1.82, 2.24) is 25.4 Å². The van der Waals surface area contributed by atoms with Crippen LogP contribution in [0, 0.1) is 10.1 Å². The van der Waals surface area contributed by atoms with Crippen LogP contribution in [0.25, 0.3) is 16.9 Å². The number of halogens is 1. The van der Waals surface area contributed by atoms with Gasteiger partial charge in [0.2, 0.25) is 0 Å². The van der Waals surface area contributed by atoms with Gasteiger partial charge < -0.3 is 16.0 Å². The Morgan fingerprint density at radius 3 is 2.50 bits per heavy atom. The number of urea groups is 1. The molecule has 3 amide bonds. The summed E-state index contributed by atoms with van der Waals surface area (Å²) in [6.07, 6.45) is 3.30. The summed E-state index contributed by atoms with van der Waals surface area (Å²) in [5.74, 6) is -0.123. The van der Waals surface area contributed by atoms with Crippen molar-refractivity contribution in [2.45, 2.75) is 13.0 Å². The Morgan fingerprint density at radius 2 is 1.84 bits per heavy atom. The smallest absolute Gasteiger partial charge is 0.319 e. The molecule has 0 saturated heterocycles. The molecular formula is C26H20BrN7O4. The van der Waals surface area contributed by atoms with Gasteiger partial charge >= 0.3 is 6.03 Å². The van der Waals surface area contributed by atoms with E-state index in [1.165, 1.54) is 12.1 Å². The predicted molar refractivity (Wildman–Crippen MR) is 143 cm³/mol. The summed E-state index contributed by atoms with van der Waals surface area (Å²) in [5.41, 5.74) is 2.90. The zero-order valence-corrected chi connectivity index (χ0v) is 21.5. The maximum atomic E-state index is 13.5. The molecule has 0 spiro atoms. The standard InChI is InChI=1S/C26H20BrN7O4/c1-15-22(25(35)30-21-12-9-17(27)13-28-21)24(31-26(36)29-15)20-14-33(18-5-3-2-4-6-18)32-23(20)16-7-10-19(11-8-16)34(37)38/h2-14,24H,1H3,(H,28,30,35)(H2,29,31,36). The highest BCUT2D eigenvalue weighted by atomic mass is 79.9. The number of pyridine rings is 1. The summed E-state index contributed by atoms with van der Waals surface area (Å²) < 4.78 is 2.40. The summed E-state index contributed by atoms with van der Waals surface area (Å²) in [7, 11) is 0. The number of nitro groups is 1. The van der Waals surface area contributed by atoms with Gasteiger partial charge in [0.25, 0.3) is 11.6 Å². The molecule has 190 valence electrons. The monoisotopic (exact) mass is 573 g/mol. The zero-order valence-electron chi connectivity index (χ0n) is 19.9. The lowest BCUT2D eigenvalue weighted by atomic mass is 9.93. The second kappa shape index (κ2) is 10.3. The minimum atomic E-state index is -0.873. The van der Waals surface area contributed by atoms with E-state index < -0.39 is 22.9 Å². The molecule has 4 aromatic rings. The fraction of sp³-hybridized carbons (Fsp3) is 0.0769. The molecule has 1 atom stereocenters. The number of non-ortho nitro benzene ring substituents is 1. The first-order valence-electron chi connectivity index (χ1n) is 11.4. The van der Waals surface area contributed by atoms with Crippen LogP contribution in [-0.4, -0.2) is 31.6 Å². The Bertz CT molecular complexity index is 1570. The highest BCUT2D eigenvalue weighted by Gasteiger charge is 2.34. The molecule has 0 saturated carbocycles. The molecule has 0 radical (unpaired) electrons. The second-order valence-electron chi connectivity index (χ2n) is 8.40. The van der Waals surface area contributed by atoms with Gasteiger partial charge in [0.15, 0.2) is 0 Å². The van der Waals surface area contributed by atoms with E-state index in [1.54, 1.807) is 48.3 Å². The number of anilines is 1. The summed E-state index contributed by atoms with van der Waals surface area (Å²) in [6, 6.07) is 17.3. The number of allylic oxidation sites excluding steroid dienone is 1. The minimum Gasteiger partial charge on any atom is -0.327 e. The Labute approximate surface area is 224 Å². The molecule has 1 unspecified atom stereocenters. The minimum absolute atomic E-state index is 0.0641. The van der Waals surface area contributed by atoms with Crippen molar-refractivity contribution in [2.75, 3.05) is 5.32 Å². The SMILES string of the molecule is CC1=C(C(=O)Nc2ccc(Br)cn2)C(c2cn(-c3ccccc3)nc2-c2ccc([N+](=O)[O-])cc2)NC(=O)N1. The molecule has 1 aliphatic rings. The molecule has 0 fully saturated rings. The van der Waals surface area contributed by atoms with E-state index in [0.717, 1.165) is 10.2 Å². The number of nitrogens with one attached hydrogen (secondary N) is 3. The lowest BCUT2D eigenvalue weighted by Gasteiger charge is -2.28. The number of hydrogen-bond acceptors (Lipinski definition) is 6. The number of carbonyl (C=O) groups is 2. The third-order valence-corrected chi connectivity index (χ3v) is 6.38. The van der Waals surface area contributed by atoms with Crippen LogP contribution in [0.5, 0.6) is 0 Å². The molecule has 38 heavy (non-hydrogen) atoms. The van der Waals surface area contributed by atoms with Crippen LogP contribution in [0.3, 0.4) is 0 Å². The summed E-state index contributed by atoms with van der Waals surface area (Å²) in [5, 5.41) is 24.2. The molecule has 0 bridgehead atoms. The first-order valence-corrected chi connectivity index (χ1v) is 12.2. The molecule has 5 rings (SSSR count). The zero-order chi connectivity index (χ0) is 26.8. The third kappa shape index (κ3) is 5.02. The number of carbonyl (C=O) groups excluding carboxylic acids is 2. The van der Waals surface area contributed by atoms with Crippen molar-refractivity contribution >= 4 is 39.4 Å². The van der Waals surface area contributed by atoms with Crippen LogP contribution in [0.15, 0.2) is 94.9 Å². The Balaban J connectivity index is 1.61. The van der Waals surface area contributed by atoms with Crippen molar-refractivity contribution in [3.63, 3.8) is 0 Å². The highest BCUT2D eigenvalue weighted by molar-refractivity contribution is 9.10. The average Bonchev–Trinajstić information content (AvgIpc) is 3.35. The number of nitrogens with zero attached hydrogens (tertiary/aromatic N) is 4. The van der Waals surface area contributed by atoms with E-state index in [9.17, 15) is 19.7 Å². The Morgan fingerprint density at radius 1 is 1.11 bits per heavy atom. The average molecular weight is 574 g/mol. The number of nitro benzene ring substituents is 1. The molecule has 3 heterocycles. The highest BCUT2D eigenvalue weighted by Crippen LogP contribution is 2.35. The summed E-state index contributed by atoms with van der Waals surface area (Å²) in [6.45, 7) is 1.64. The molecule has 12 heteroatoms. The van der Waals surface area contributed by atoms with Crippen molar-refractivity contribution in [2.24, 2.45) is 0 Å². The van der Waals surface area contributed by atoms with Gasteiger partial charge in [-0.05, 0) is 59.3 Å². The lowest BCUT2D eigenvalue weighted by molar-refractivity contribution is -0.384. The molecule has 0 aliphatic carbocycles. The van der Waals surface area contributed by atoms with Crippen molar-refractivity contribution < 1.29 is 14.5 Å². The van der Waals surface area contributed by atoms with Gasteiger partial charge in [0.05, 0.1) is 27.9 Å². The van der Waals surface area contributed by atoms with E-state index in [-0.39, 0.29) is 11.3 Å². The number of hydrogen-bond donors (Lipinski definition) is 3. The van der Waals surface area contributed by atoms with Gasteiger partial charge in [-0.3, -0.25) is 14.9 Å². The number of amides is 3. The van der Waals surface area contributed by atoms with Crippen LogP contribution in [0.4, 0.5) is 16.3 Å². The molecule has 2 aromatic heterocycles. The Hall–Kier alpha value is -4.84. The van der Waals surface area contributed by atoms with Gasteiger partial charge in [-0.2, -0.15) is 5.10 Å². The predicted octanol–water partition coefficient (Wildman–Crippen LogP) is 4.87. The quantitative estimate of drug-likeness (QED) is 0.221. The topological polar surface area (TPSA) is 144 Å². The second-order valence-corrected chi connectivity index (χ2v) is 9.32. The first-order chi connectivity index (χ1) is 18.3. The van der Waals surface area contributed by atoms with E-state index >= 15 is 0 Å². The molecule has 3 N–H and O–H groups in total. The summed E-state index contributed by atoms with van der Waals surface area (Å²) in [4.78, 5) is 40.9. The third-order valence-electron chi connectivity index (χ3n) is 5.91. The van der Waals surface area contributed by atoms with Crippen LogP contribution in [0.2, 0.25) is 0 Å². The number of aromatic nitrogens is 3. The largest absolute Gasteiger partial charge is 0.327 e.